The predicted octanol–water partition coefficient (Wildman–Crippen LogP) is 0.545. The van der Waals surface area contributed by atoms with Crippen LogP contribution in [0.1, 0.15) is 6.92 Å². The van der Waals surface area contributed by atoms with Crippen molar-refractivity contribution < 1.29 is 27.5 Å². The predicted molar refractivity (Wildman–Crippen MR) is 113 cm³/mol. The first-order valence-corrected chi connectivity index (χ1v) is 12.2. The molecule has 1 fully saturated rings. The first-order valence-electron chi connectivity index (χ1n) is 9.76. The highest BCUT2D eigenvalue weighted by Gasteiger charge is 2.32. The van der Waals surface area contributed by atoms with Crippen LogP contribution < -0.4 is 10.2 Å². The first kappa shape index (κ1) is 23.0. The molecular formula is C19H27N3O6S2. The Hall–Kier alpha value is -1.66. The number of sulfonamides is 1. The summed E-state index contributed by atoms with van der Waals surface area (Å²) >= 11 is 1.49. The maximum absolute atomic E-state index is 13.1. The number of rotatable bonds is 7. The van der Waals surface area contributed by atoms with E-state index >= 15 is 0 Å². The fourth-order valence-electron chi connectivity index (χ4n) is 3.25. The molecule has 1 atom stereocenters. The van der Waals surface area contributed by atoms with E-state index in [9.17, 15) is 18.0 Å². The second-order valence-corrected chi connectivity index (χ2v) is 10.1. The second kappa shape index (κ2) is 10.1. The number of nitrogens with zero attached hydrogens (tertiary/aromatic N) is 2. The quantitative estimate of drug-likeness (QED) is 0.596. The molecule has 0 saturated carbocycles. The van der Waals surface area contributed by atoms with Crippen LogP contribution in [0, 0.1) is 5.92 Å². The van der Waals surface area contributed by atoms with Gasteiger partial charge in [0, 0.05) is 43.3 Å². The number of fused-ring (bicyclic) bond motifs is 1. The molecule has 2 aliphatic heterocycles. The van der Waals surface area contributed by atoms with Crippen molar-refractivity contribution in [3.05, 3.63) is 18.2 Å². The second-order valence-electron chi connectivity index (χ2n) is 7.13. The Morgan fingerprint density at radius 2 is 2.07 bits per heavy atom. The van der Waals surface area contributed by atoms with Gasteiger partial charge in [0.05, 0.1) is 30.4 Å². The lowest BCUT2D eigenvalue weighted by Crippen LogP contribution is -2.44. The highest BCUT2D eigenvalue weighted by Crippen LogP contribution is 2.38. The summed E-state index contributed by atoms with van der Waals surface area (Å²) in [6.07, 6.45) is 0. The average molecular weight is 458 g/mol. The minimum absolute atomic E-state index is 0.107. The fraction of sp³-hybridized carbons (Fsp3) is 0.579. The van der Waals surface area contributed by atoms with Crippen LogP contribution in [0.5, 0.6) is 0 Å². The standard InChI is InChI=1S/C19H27N3O6S2/c1-14-13-29-17-4-3-15(30(25,26)21-6-9-28-10-7-21)11-16(17)22(19(14)24)12-18(23)20-5-8-27-2/h3-4,11,14H,5-10,12-13H2,1-2H3,(H,20,23). The summed E-state index contributed by atoms with van der Waals surface area (Å²) in [6.45, 7) is 3.60. The maximum Gasteiger partial charge on any atom is 0.243 e. The Morgan fingerprint density at radius 3 is 2.77 bits per heavy atom. The molecule has 0 aliphatic carbocycles. The summed E-state index contributed by atoms with van der Waals surface area (Å²) in [7, 11) is -2.18. The van der Waals surface area contributed by atoms with Crippen molar-refractivity contribution in [1.82, 2.24) is 9.62 Å². The largest absolute Gasteiger partial charge is 0.383 e. The molecule has 2 aliphatic rings. The summed E-state index contributed by atoms with van der Waals surface area (Å²) in [5.41, 5.74) is 0.450. The third kappa shape index (κ3) is 5.14. The van der Waals surface area contributed by atoms with Gasteiger partial charge in [0.25, 0.3) is 0 Å². The zero-order valence-corrected chi connectivity index (χ0v) is 18.8. The van der Waals surface area contributed by atoms with E-state index in [1.54, 1.807) is 12.1 Å². The van der Waals surface area contributed by atoms with Gasteiger partial charge in [-0.3, -0.25) is 9.59 Å². The van der Waals surface area contributed by atoms with Crippen molar-refractivity contribution in [2.45, 2.75) is 16.7 Å². The zero-order chi connectivity index (χ0) is 21.7. The van der Waals surface area contributed by atoms with Gasteiger partial charge in [-0.25, -0.2) is 8.42 Å². The Bertz CT molecular complexity index is 886. The van der Waals surface area contributed by atoms with E-state index in [0.717, 1.165) is 4.90 Å². The maximum atomic E-state index is 13.1. The van der Waals surface area contributed by atoms with Crippen LogP contribution in [0.3, 0.4) is 0 Å². The molecule has 0 aromatic heterocycles. The Balaban J connectivity index is 1.92. The molecule has 1 N–H and O–H groups in total. The highest BCUT2D eigenvalue weighted by atomic mass is 32.2. The Kier molecular flexibility index (Phi) is 7.75. The van der Waals surface area contributed by atoms with Crippen LogP contribution in [-0.2, 0) is 29.1 Å². The monoisotopic (exact) mass is 457 g/mol. The third-order valence-corrected chi connectivity index (χ3v) is 8.15. The SMILES string of the molecule is COCCNC(=O)CN1C(=O)C(C)CSc2ccc(S(=O)(=O)N3CCOCC3)cc21. The van der Waals surface area contributed by atoms with Crippen LogP contribution in [0.2, 0.25) is 0 Å². The molecule has 30 heavy (non-hydrogen) atoms. The van der Waals surface area contributed by atoms with Crippen LogP contribution in [0.25, 0.3) is 0 Å². The van der Waals surface area contributed by atoms with Gasteiger partial charge in [-0.2, -0.15) is 4.31 Å². The molecule has 0 bridgehead atoms. The van der Waals surface area contributed by atoms with Crippen molar-refractivity contribution >= 4 is 39.3 Å². The Morgan fingerprint density at radius 1 is 1.33 bits per heavy atom. The third-order valence-electron chi connectivity index (χ3n) is 4.94. The molecule has 3 rings (SSSR count). The van der Waals surface area contributed by atoms with Crippen molar-refractivity contribution in [2.24, 2.45) is 5.92 Å². The number of methoxy groups -OCH3 is 1. The summed E-state index contributed by atoms with van der Waals surface area (Å²) in [5, 5.41) is 2.71. The van der Waals surface area contributed by atoms with E-state index in [1.165, 1.54) is 34.1 Å². The number of morpholine rings is 1. The number of carbonyl (C=O) groups is 2. The van der Waals surface area contributed by atoms with Gasteiger partial charge in [-0.05, 0) is 18.2 Å². The van der Waals surface area contributed by atoms with E-state index in [4.69, 9.17) is 9.47 Å². The van der Waals surface area contributed by atoms with Crippen LogP contribution in [-0.4, -0.2) is 83.4 Å². The fourth-order valence-corrected chi connectivity index (χ4v) is 5.73. The average Bonchev–Trinajstić information content (AvgIpc) is 2.86. The van der Waals surface area contributed by atoms with Gasteiger partial charge in [0.1, 0.15) is 6.54 Å². The van der Waals surface area contributed by atoms with Gasteiger partial charge in [0.15, 0.2) is 0 Å². The molecule has 0 spiro atoms. The van der Waals surface area contributed by atoms with Crippen molar-refractivity contribution in [3.8, 4) is 0 Å². The van der Waals surface area contributed by atoms with Crippen LogP contribution in [0.15, 0.2) is 28.0 Å². The smallest absolute Gasteiger partial charge is 0.243 e. The number of anilines is 1. The highest BCUT2D eigenvalue weighted by molar-refractivity contribution is 7.99. The number of amides is 2. The first-order chi connectivity index (χ1) is 14.3. The molecule has 1 saturated heterocycles. The number of thioether (sulfide) groups is 1. The number of hydrogen-bond acceptors (Lipinski definition) is 7. The summed E-state index contributed by atoms with van der Waals surface area (Å²) < 4.78 is 37.7. The van der Waals surface area contributed by atoms with Crippen molar-refractivity contribution in [2.75, 3.05) is 63.8 Å². The number of benzene rings is 1. The van der Waals surface area contributed by atoms with E-state index in [1.807, 2.05) is 6.92 Å². The topological polar surface area (TPSA) is 105 Å². The lowest BCUT2D eigenvalue weighted by atomic mass is 10.1. The molecule has 166 valence electrons. The van der Waals surface area contributed by atoms with Crippen molar-refractivity contribution in [3.63, 3.8) is 0 Å². The molecule has 1 aromatic carbocycles. The number of carbonyl (C=O) groups excluding carboxylic acids is 2. The minimum atomic E-state index is -3.72. The molecule has 2 amide bonds. The molecule has 2 heterocycles. The van der Waals surface area contributed by atoms with Gasteiger partial charge < -0.3 is 19.7 Å². The van der Waals surface area contributed by atoms with E-state index in [0.29, 0.717) is 37.8 Å². The van der Waals surface area contributed by atoms with E-state index in [-0.39, 0.29) is 42.3 Å². The van der Waals surface area contributed by atoms with E-state index < -0.39 is 10.0 Å². The van der Waals surface area contributed by atoms with Gasteiger partial charge in [-0.1, -0.05) is 6.92 Å². The van der Waals surface area contributed by atoms with Crippen molar-refractivity contribution in [1.29, 1.82) is 0 Å². The molecule has 0 radical (unpaired) electrons. The van der Waals surface area contributed by atoms with E-state index in [2.05, 4.69) is 5.32 Å². The molecule has 1 aromatic rings. The number of ether oxygens (including phenoxy) is 2. The summed E-state index contributed by atoms with van der Waals surface area (Å²) in [5.74, 6) is -0.271. The minimum Gasteiger partial charge on any atom is -0.383 e. The number of nitrogens with one attached hydrogen (secondary N) is 1. The lowest BCUT2D eigenvalue weighted by molar-refractivity contribution is -0.125. The van der Waals surface area contributed by atoms with Gasteiger partial charge in [-0.15, -0.1) is 11.8 Å². The van der Waals surface area contributed by atoms with Crippen LogP contribution >= 0.6 is 11.8 Å². The molecule has 9 nitrogen and oxygen atoms in total. The molecule has 1 unspecified atom stereocenters. The lowest BCUT2D eigenvalue weighted by Gasteiger charge is -2.27. The van der Waals surface area contributed by atoms with Gasteiger partial charge in [0.2, 0.25) is 21.8 Å². The summed E-state index contributed by atoms with van der Waals surface area (Å²) in [6, 6.07) is 4.79. The molecule has 11 heteroatoms. The van der Waals surface area contributed by atoms with Crippen LogP contribution in [0.4, 0.5) is 5.69 Å². The zero-order valence-electron chi connectivity index (χ0n) is 17.1. The Labute approximate surface area is 181 Å². The normalized spacial score (nSPS) is 20.5. The summed E-state index contributed by atoms with van der Waals surface area (Å²) in [4.78, 5) is 27.6. The van der Waals surface area contributed by atoms with Gasteiger partial charge >= 0.3 is 0 Å². The number of hydrogen-bond donors (Lipinski definition) is 1. The molecular weight excluding hydrogens is 430 g/mol.